The van der Waals surface area contributed by atoms with Gasteiger partial charge in [0.25, 0.3) is 5.56 Å². The summed E-state index contributed by atoms with van der Waals surface area (Å²) in [5.74, 6) is 0.827. The highest BCUT2D eigenvalue weighted by Gasteiger charge is 2.12. The molecule has 4 aromatic rings. The summed E-state index contributed by atoms with van der Waals surface area (Å²) >= 11 is 0. The number of hydrogen-bond acceptors (Lipinski definition) is 7. The zero-order valence-electron chi connectivity index (χ0n) is 17.6. The molecular formula is C20H21N9O2. The van der Waals surface area contributed by atoms with Gasteiger partial charge in [-0.1, -0.05) is 0 Å². The molecule has 0 atom stereocenters. The Labute approximate surface area is 177 Å². The van der Waals surface area contributed by atoms with Crippen LogP contribution >= 0.6 is 0 Å². The van der Waals surface area contributed by atoms with E-state index in [-0.39, 0.29) is 6.54 Å². The number of carbonyl (C=O) groups excluding carboxylic acids is 1. The van der Waals surface area contributed by atoms with Crippen molar-refractivity contribution in [3.05, 3.63) is 69.8 Å². The minimum atomic E-state index is -0.446. The highest BCUT2D eigenvalue weighted by molar-refractivity contribution is 5.89. The van der Waals surface area contributed by atoms with Crippen LogP contribution in [0.3, 0.4) is 0 Å². The van der Waals surface area contributed by atoms with Crippen LogP contribution < -0.4 is 10.9 Å². The van der Waals surface area contributed by atoms with Crippen molar-refractivity contribution in [3.63, 3.8) is 0 Å². The largest absolute Gasteiger partial charge is 0.309 e. The summed E-state index contributed by atoms with van der Waals surface area (Å²) in [6.07, 6.45) is 1.34. The molecule has 0 bridgehead atoms. The minimum Gasteiger partial charge on any atom is -0.309 e. The lowest BCUT2D eigenvalue weighted by Gasteiger charge is -2.09. The van der Waals surface area contributed by atoms with Crippen LogP contribution in [-0.2, 0) is 11.3 Å². The first kappa shape index (κ1) is 20.1. The van der Waals surface area contributed by atoms with Crippen LogP contribution in [0.1, 0.15) is 22.8 Å². The van der Waals surface area contributed by atoms with Gasteiger partial charge in [-0.15, -0.1) is 5.10 Å². The lowest BCUT2D eigenvalue weighted by atomic mass is 10.4. The van der Waals surface area contributed by atoms with Crippen molar-refractivity contribution in [1.82, 2.24) is 39.3 Å². The van der Waals surface area contributed by atoms with E-state index in [1.165, 1.54) is 12.4 Å². The van der Waals surface area contributed by atoms with Crippen molar-refractivity contribution in [2.75, 3.05) is 5.32 Å². The number of nitrogens with one attached hydrogen (secondary N) is 1. The average Bonchev–Trinajstić information content (AvgIpc) is 3.23. The van der Waals surface area contributed by atoms with Crippen molar-refractivity contribution >= 4 is 11.7 Å². The molecular weight excluding hydrogens is 398 g/mol. The monoisotopic (exact) mass is 419 g/mol. The predicted octanol–water partition coefficient (Wildman–Crippen LogP) is 1.28. The zero-order chi connectivity index (χ0) is 22.1. The molecule has 0 spiro atoms. The Kier molecular flexibility index (Phi) is 5.15. The van der Waals surface area contributed by atoms with Gasteiger partial charge in [-0.25, -0.2) is 24.0 Å². The molecule has 0 aliphatic carbocycles. The molecule has 4 rings (SSSR count). The van der Waals surface area contributed by atoms with Crippen molar-refractivity contribution in [3.8, 4) is 11.6 Å². The number of aryl methyl sites for hydroxylation is 4. The Morgan fingerprint density at radius 3 is 2.13 bits per heavy atom. The van der Waals surface area contributed by atoms with E-state index in [4.69, 9.17) is 0 Å². The smallest absolute Gasteiger partial charge is 0.267 e. The van der Waals surface area contributed by atoms with Crippen LogP contribution in [0, 0.1) is 27.7 Å². The summed E-state index contributed by atoms with van der Waals surface area (Å²) in [6.45, 7) is 7.28. The fraction of sp³-hybridized carbons (Fsp3) is 0.250. The van der Waals surface area contributed by atoms with Crippen LogP contribution in [0.4, 0.5) is 5.82 Å². The molecule has 11 heteroatoms. The molecule has 158 valence electrons. The maximum absolute atomic E-state index is 12.6. The molecule has 31 heavy (non-hydrogen) atoms. The SMILES string of the molecule is Cc1cc(C)n(-c2cc(NC(=O)Cn3nc(-n4nc(C)cc4C)ccc3=O)ncn2)n1. The van der Waals surface area contributed by atoms with E-state index >= 15 is 0 Å². The molecule has 0 aliphatic rings. The standard InChI is InChI=1S/C20H21N9O2/c1-12-7-14(3)28(24-12)17-5-6-20(31)27(26-17)10-19(30)23-16-9-18(22-11-21-16)29-15(4)8-13(2)25-29/h5-9,11H,10H2,1-4H3,(H,21,22,23,30). The van der Waals surface area contributed by atoms with Crippen LogP contribution in [0.5, 0.6) is 0 Å². The van der Waals surface area contributed by atoms with Crippen molar-refractivity contribution in [2.45, 2.75) is 34.2 Å². The summed E-state index contributed by atoms with van der Waals surface area (Å²) in [5.41, 5.74) is 3.07. The summed E-state index contributed by atoms with van der Waals surface area (Å²) in [6, 6.07) is 8.37. The molecule has 11 nitrogen and oxygen atoms in total. The van der Waals surface area contributed by atoms with E-state index in [1.807, 2.05) is 39.8 Å². The number of anilines is 1. The van der Waals surface area contributed by atoms with Crippen LogP contribution in [0.25, 0.3) is 11.6 Å². The summed E-state index contributed by atoms with van der Waals surface area (Å²) in [7, 11) is 0. The second-order valence-electron chi connectivity index (χ2n) is 7.17. The zero-order valence-corrected chi connectivity index (χ0v) is 17.6. The van der Waals surface area contributed by atoms with Crippen molar-refractivity contribution in [2.24, 2.45) is 0 Å². The first-order valence-corrected chi connectivity index (χ1v) is 9.57. The molecule has 0 fully saturated rings. The summed E-state index contributed by atoms with van der Waals surface area (Å²) in [5, 5.41) is 15.7. The van der Waals surface area contributed by atoms with E-state index in [2.05, 4.69) is 30.6 Å². The minimum absolute atomic E-state index is 0.273. The van der Waals surface area contributed by atoms with Crippen molar-refractivity contribution in [1.29, 1.82) is 0 Å². The van der Waals surface area contributed by atoms with E-state index in [1.54, 1.807) is 21.5 Å². The number of rotatable bonds is 5. The molecule has 0 saturated heterocycles. The van der Waals surface area contributed by atoms with Gasteiger partial charge in [0.05, 0.1) is 11.4 Å². The molecule has 0 aliphatic heterocycles. The summed E-state index contributed by atoms with van der Waals surface area (Å²) < 4.78 is 4.37. The van der Waals surface area contributed by atoms with Gasteiger partial charge in [0, 0.05) is 23.5 Å². The molecule has 0 saturated carbocycles. The fourth-order valence-electron chi connectivity index (χ4n) is 3.24. The quantitative estimate of drug-likeness (QED) is 0.516. The number of aromatic nitrogens is 8. The first-order valence-electron chi connectivity index (χ1n) is 9.57. The van der Waals surface area contributed by atoms with Crippen LogP contribution in [0.15, 0.2) is 41.5 Å². The third-order valence-corrected chi connectivity index (χ3v) is 4.52. The molecule has 0 unspecified atom stereocenters. The van der Waals surface area contributed by atoms with Gasteiger partial charge in [-0.3, -0.25) is 9.59 Å². The predicted molar refractivity (Wildman–Crippen MR) is 112 cm³/mol. The van der Waals surface area contributed by atoms with E-state index in [0.717, 1.165) is 27.5 Å². The maximum atomic E-state index is 12.6. The van der Waals surface area contributed by atoms with E-state index in [0.29, 0.717) is 17.5 Å². The fourth-order valence-corrected chi connectivity index (χ4v) is 3.24. The molecule has 4 aromatic heterocycles. The Morgan fingerprint density at radius 1 is 0.871 bits per heavy atom. The van der Waals surface area contributed by atoms with Crippen molar-refractivity contribution < 1.29 is 4.79 Å². The van der Waals surface area contributed by atoms with Gasteiger partial charge in [0.15, 0.2) is 11.6 Å². The Morgan fingerprint density at radius 2 is 1.52 bits per heavy atom. The van der Waals surface area contributed by atoms with Gasteiger partial charge in [0.1, 0.15) is 18.7 Å². The lowest BCUT2D eigenvalue weighted by molar-refractivity contribution is -0.117. The van der Waals surface area contributed by atoms with Gasteiger partial charge in [0.2, 0.25) is 5.91 Å². The van der Waals surface area contributed by atoms with E-state index in [9.17, 15) is 9.59 Å². The lowest BCUT2D eigenvalue weighted by Crippen LogP contribution is -2.30. The highest BCUT2D eigenvalue weighted by atomic mass is 16.2. The molecule has 0 aromatic carbocycles. The number of amides is 1. The van der Waals surface area contributed by atoms with E-state index < -0.39 is 11.5 Å². The first-order chi connectivity index (χ1) is 14.8. The highest BCUT2D eigenvalue weighted by Crippen LogP contribution is 2.12. The molecule has 1 amide bonds. The normalized spacial score (nSPS) is 11.0. The Bertz CT molecular complexity index is 1330. The maximum Gasteiger partial charge on any atom is 0.267 e. The second kappa shape index (κ2) is 7.94. The summed E-state index contributed by atoms with van der Waals surface area (Å²) in [4.78, 5) is 33.1. The van der Waals surface area contributed by atoms with Gasteiger partial charge >= 0.3 is 0 Å². The molecule has 1 N–H and O–H groups in total. The number of carbonyl (C=O) groups is 1. The third-order valence-electron chi connectivity index (χ3n) is 4.52. The van der Waals surface area contributed by atoms with Crippen LogP contribution in [0.2, 0.25) is 0 Å². The Balaban J connectivity index is 1.54. The molecule has 4 heterocycles. The average molecular weight is 419 g/mol. The number of nitrogens with zero attached hydrogens (tertiary/aromatic N) is 8. The second-order valence-corrected chi connectivity index (χ2v) is 7.17. The molecule has 0 radical (unpaired) electrons. The van der Waals surface area contributed by atoms with Gasteiger partial charge < -0.3 is 5.32 Å². The van der Waals surface area contributed by atoms with Gasteiger partial charge in [-0.2, -0.15) is 10.2 Å². The topological polar surface area (TPSA) is 125 Å². The van der Waals surface area contributed by atoms with Crippen LogP contribution in [-0.4, -0.2) is 45.2 Å². The van der Waals surface area contributed by atoms with Gasteiger partial charge in [-0.05, 0) is 45.9 Å². The number of hydrogen-bond donors (Lipinski definition) is 1. The Hall–Kier alpha value is -4.15. The third kappa shape index (κ3) is 4.25.